The lowest BCUT2D eigenvalue weighted by Crippen LogP contribution is -2.22. The van der Waals surface area contributed by atoms with E-state index in [0.717, 1.165) is 25.2 Å². The van der Waals surface area contributed by atoms with E-state index in [2.05, 4.69) is 9.62 Å². The molecule has 1 atom stereocenters. The minimum Gasteiger partial charge on any atom is -0.456 e. The Hall–Kier alpha value is -2.74. The number of nitrogens with one attached hydrogen (secondary N) is 1. The Morgan fingerprint density at radius 2 is 1.71 bits per heavy atom. The zero-order chi connectivity index (χ0) is 21.8. The van der Waals surface area contributed by atoms with Crippen molar-refractivity contribution < 1.29 is 17.9 Å². The van der Waals surface area contributed by atoms with Gasteiger partial charge in [-0.2, -0.15) is 0 Å². The van der Waals surface area contributed by atoms with Crippen molar-refractivity contribution in [2.75, 3.05) is 29.8 Å². The molecule has 0 radical (unpaired) electrons. The highest BCUT2D eigenvalue weighted by atomic mass is 35.5. The molecule has 0 aliphatic carbocycles. The molecule has 4 rings (SSSR count). The first kappa shape index (κ1) is 21.5. The Kier molecular flexibility index (Phi) is 6.36. The highest BCUT2D eigenvalue weighted by molar-refractivity contribution is 7.92. The smallest absolute Gasteiger partial charge is 0.261 e. The first-order chi connectivity index (χ1) is 14.9. The number of rotatable bonds is 7. The summed E-state index contributed by atoms with van der Waals surface area (Å²) in [5.74, 6) is 1.00. The standard InChI is InChI=1S/C23H23ClN2O4S/c1-29-20-14-15-26(16-20)18-8-6-17(7-9-18)25-31(27,28)21-12-10-19(11-13-21)30-23-5-3-2-4-22(23)24/h2-13,20,25H,14-16H2,1H3. The van der Waals surface area contributed by atoms with Crippen LogP contribution in [-0.2, 0) is 14.8 Å². The monoisotopic (exact) mass is 458 g/mol. The van der Waals surface area contributed by atoms with Crippen LogP contribution in [0.3, 0.4) is 0 Å². The molecule has 0 saturated carbocycles. The normalized spacial score (nSPS) is 16.3. The summed E-state index contributed by atoms with van der Waals surface area (Å²) in [6, 6.07) is 20.6. The second-order valence-corrected chi connectivity index (χ2v) is 9.34. The molecule has 1 saturated heterocycles. The SMILES string of the molecule is COC1CCN(c2ccc(NS(=O)(=O)c3ccc(Oc4ccccc4Cl)cc3)cc2)C1. The summed E-state index contributed by atoms with van der Waals surface area (Å²) in [7, 11) is -2.00. The Balaban J connectivity index is 1.42. The Morgan fingerprint density at radius 1 is 1.00 bits per heavy atom. The van der Waals surface area contributed by atoms with Crippen molar-refractivity contribution in [3.8, 4) is 11.5 Å². The minimum atomic E-state index is -3.72. The van der Waals surface area contributed by atoms with Crippen LogP contribution in [0.2, 0.25) is 5.02 Å². The van der Waals surface area contributed by atoms with Crippen LogP contribution in [0.4, 0.5) is 11.4 Å². The van der Waals surface area contributed by atoms with Gasteiger partial charge in [0.1, 0.15) is 11.5 Å². The molecular weight excluding hydrogens is 436 g/mol. The predicted molar refractivity (Wildman–Crippen MR) is 123 cm³/mol. The molecule has 6 nitrogen and oxygen atoms in total. The van der Waals surface area contributed by atoms with Crippen LogP contribution < -0.4 is 14.4 Å². The minimum absolute atomic E-state index is 0.144. The average molecular weight is 459 g/mol. The zero-order valence-electron chi connectivity index (χ0n) is 17.0. The van der Waals surface area contributed by atoms with Crippen molar-refractivity contribution in [1.29, 1.82) is 0 Å². The summed E-state index contributed by atoms with van der Waals surface area (Å²) in [4.78, 5) is 2.37. The molecule has 3 aromatic carbocycles. The molecule has 0 spiro atoms. The van der Waals surface area contributed by atoms with Crippen molar-refractivity contribution >= 4 is 33.0 Å². The lowest BCUT2D eigenvalue weighted by Gasteiger charge is -2.19. The zero-order valence-corrected chi connectivity index (χ0v) is 18.6. The van der Waals surface area contributed by atoms with Crippen LogP contribution in [0.25, 0.3) is 0 Å². The second kappa shape index (κ2) is 9.18. The third-order valence-electron chi connectivity index (χ3n) is 5.16. The third kappa shape index (κ3) is 5.12. The van der Waals surface area contributed by atoms with Crippen molar-refractivity contribution in [2.24, 2.45) is 0 Å². The first-order valence-electron chi connectivity index (χ1n) is 9.88. The fourth-order valence-corrected chi connectivity index (χ4v) is 4.68. The van der Waals surface area contributed by atoms with E-state index in [1.165, 1.54) is 12.1 Å². The van der Waals surface area contributed by atoms with Gasteiger partial charge in [-0.25, -0.2) is 8.42 Å². The van der Waals surface area contributed by atoms with Crippen LogP contribution in [-0.4, -0.2) is 34.7 Å². The predicted octanol–water partition coefficient (Wildman–Crippen LogP) is 5.16. The number of benzene rings is 3. The molecular formula is C23H23ClN2O4S. The largest absolute Gasteiger partial charge is 0.456 e. The van der Waals surface area contributed by atoms with Crippen LogP contribution >= 0.6 is 11.6 Å². The number of para-hydroxylation sites is 1. The molecule has 1 N–H and O–H groups in total. The van der Waals surface area contributed by atoms with Gasteiger partial charge in [0.05, 0.1) is 16.0 Å². The Bertz CT molecular complexity index is 1130. The molecule has 0 aromatic heterocycles. The summed E-state index contributed by atoms with van der Waals surface area (Å²) >= 11 is 6.10. The van der Waals surface area contributed by atoms with E-state index in [1.54, 1.807) is 43.5 Å². The van der Waals surface area contributed by atoms with Gasteiger partial charge < -0.3 is 14.4 Å². The number of halogens is 1. The summed E-state index contributed by atoms with van der Waals surface area (Å²) in [6.45, 7) is 1.76. The van der Waals surface area contributed by atoms with Gasteiger partial charge in [0.25, 0.3) is 10.0 Å². The third-order valence-corrected chi connectivity index (χ3v) is 6.87. The summed E-state index contributed by atoms with van der Waals surface area (Å²) in [6.07, 6.45) is 1.23. The van der Waals surface area contributed by atoms with E-state index < -0.39 is 10.0 Å². The Labute approximate surface area is 187 Å². The highest BCUT2D eigenvalue weighted by Gasteiger charge is 2.22. The molecule has 162 valence electrons. The molecule has 31 heavy (non-hydrogen) atoms. The molecule has 1 aliphatic heterocycles. The van der Waals surface area contributed by atoms with Crippen LogP contribution in [0.1, 0.15) is 6.42 Å². The van der Waals surface area contributed by atoms with Gasteiger partial charge in [0, 0.05) is 31.6 Å². The number of anilines is 2. The molecule has 0 amide bonds. The quantitative estimate of drug-likeness (QED) is 0.529. The van der Waals surface area contributed by atoms with E-state index in [0.29, 0.717) is 22.2 Å². The van der Waals surface area contributed by atoms with Gasteiger partial charge in [-0.05, 0) is 67.1 Å². The average Bonchev–Trinajstić information content (AvgIpc) is 3.25. The lowest BCUT2D eigenvalue weighted by molar-refractivity contribution is 0.121. The number of nitrogens with zero attached hydrogens (tertiary/aromatic N) is 1. The molecule has 1 heterocycles. The number of sulfonamides is 1. The number of hydrogen-bond acceptors (Lipinski definition) is 5. The fourth-order valence-electron chi connectivity index (χ4n) is 3.45. The summed E-state index contributed by atoms with van der Waals surface area (Å²) in [5.41, 5.74) is 1.55. The second-order valence-electron chi connectivity index (χ2n) is 7.25. The van der Waals surface area contributed by atoms with Gasteiger partial charge in [0.15, 0.2) is 0 Å². The molecule has 1 aliphatic rings. The fraction of sp³-hybridized carbons (Fsp3) is 0.217. The molecule has 1 fully saturated rings. The van der Waals surface area contributed by atoms with Crippen LogP contribution in [0.5, 0.6) is 11.5 Å². The van der Waals surface area contributed by atoms with Gasteiger partial charge in [-0.3, -0.25) is 4.72 Å². The van der Waals surface area contributed by atoms with E-state index in [9.17, 15) is 8.42 Å². The van der Waals surface area contributed by atoms with Gasteiger partial charge in [0.2, 0.25) is 0 Å². The van der Waals surface area contributed by atoms with Crippen molar-refractivity contribution in [2.45, 2.75) is 17.4 Å². The number of ether oxygens (including phenoxy) is 2. The van der Waals surface area contributed by atoms with Crippen LogP contribution in [0, 0.1) is 0 Å². The van der Waals surface area contributed by atoms with E-state index in [4.69, 9.17) is 21.1 Å². The highest BCUT2D eigenvalue weighted by Crippen LogP contribution is 2.30. The molecule has 1 unspecified atom stereocenters. The van der Waals surface area contributed by atoms with Gasteiger partial charge >= 0.3 is 0 Å². The van der Waals surface area contributed by atoms with Gasteiger partial charge in [-0.15, -0.1) is 0 Å². The summed E-state index contributed by atoms with van der Waals surface area (Å²) < 4.78 is 39.2. The maximum absolute atomic E-state index is 12.7. The summed E-state index contributed by atoms with van der Waals surface area (Å²) in [5, 5.41) is 0.482. The van der Waals surface area contributed by atoms with Crippen molar-refractivity contribution in [3.05, 3.63) is 77.8 Å². The number of hydrogen-bond donors (Lipinski definition) is 1. The van der Waals surface area contributed by atoms with Crippen molar-refractivity contribution in [3.63, 3.8) is 0 Å². The van der Waals surface area contributed by atoms with E-state index in [-0.39, 0.29) is 11.0 Å². The maximum atomic E-state index is 12.7. The topological polar surface area (TPSA) is 67.9 Å². The molecule has 3 aromatic rings. The van der Waals surface area contributed by atoms with Gasteiger partial charge in [-0.1, -0.05) is 23.7 Å². The number of methoxy groups -OCH3 is 1. The van der Waals surface area contributed by atoms with E-state index >= 15 is 0 Å². The first-order valence-corrected chi connectivity index (χ1v) is 11.7. The van der Waals surface area contributed by atoms with Crippen LogP contribution in [0.15, 0.2) is 77.7 Å². The molecule has 8 heteroatoms. The lowest BCUT2D eigenvalue weighted by atomic mass is 10.2. The van der Waals surface area contributed by atoms with E-state index in [1.807, 2.05) is 24.3 Å². The molecule has 0 bridgehead atoms. The van der Waals surface area contributed by atoms with Crippen molar-refractivity contribution in [1.82, 2.24) is 0 Å². The maximum Gasteiger partial charge on any atom is 0.261 e. The Morgan fingerprint density at radius 3 is 2.35 bits per heavy atom.